The van der Waals surface area contributed by atoms with Gasteiger partial charge in [-0.1, -0.05) is 19.9 Å². The van der Waals surface area contributed by atoms with Crippen molar-refractivity contribution in [1.82, 2.24) is 10.6 Å². The van der Waals surface area contributed by atoms with Crippen LogP contribution in [0.2, 0.25) is 0 Å². The molecule has 0 spiro atoms. The Kier molecular flexibility index (Phi) is 3.56. The lowest BCUT2D eigenvalue weighted by atomic mass is 9.90. The maximum atomic E-state index is 13.1. The maximum Gasteiger partial charge on any atom is 0.123 e. The fourth-order valence-corrected chi connectivity index (χ4v) is 2.18. The summed E-state index contributed by atoms with van der Waals surface area (Å²) in [6.45, 7) is 6.98. The van der Waals surface area contributed by atoms with Crippen LogP contribution in [0.15, 0.2) is 18.2 Å². The minimum absolute atomic E-state index is 0.141. The minimum Gasteiger partial charge on any atom is -0.314 e. The Balaban J connectivity index is 2.13. The summed E-state index contributed by atoms with van der Waals surface area (Å²) in [6.07, 6.45) is 0. The Bertz CT molecular complexity index is 363. The number of nitrogens with one attached hydrogen (secondary N) is 2. The first-order valence-electron chi connectivity index (χ1n) is 5.89. The quantitative estimate of drug-likeness (QED) is 0.817. The molecule has 0 saturated heterocycles. The average molecular weight is 222 g/mol. The minimum atomic E-state index is -0.141. The van der Waals surface area contributed by atoms with Crippen molar-refractivity contribution in [2.75, 3.05) is 13.1 Å². The summed E-state index contributed by atoms with van der Waals surface area (Å²) >= 11 is 0. The zero-order valence-electron chi connectivity index (χ0n) is 9.89. The highest BCUT2D eigenvalue weighted by molar-refractivity contribution is 5.33. The van der Waals surface area contributed by atoms with Crippen molar-refractivity contribution in [2.24, 2.45) is 0 Å². The second kappa shape index (κ2) is 4.93. The van der Waals surface area contributed by atoms with E-state index in [0.717, 1.165) is 25.2 Å². The van der Waals surface area contributed by atoms with Crippen molar-refractivity contribution in [2.45, 2.75) is 32.4 Å². The van der Waals surface area contributed by atoms with Crippen molar-refractivity contribution >= 4 is 0 Å². The molecule has 3 heteroatoms. The predicted octanol–water partition coefficient (Wildman–Crippen LogP) is 2.01. The lowest BCUT2D eigenvalue weighted by Crippen LogP contribution is -2.36. The smallest absolute Gasteiger partial charge is 0.123 e. The maximum absolute atomic E-state index is 13.1. The predicted molar refractivity (Wildman–Crippen MR) is 64.0 cm³/mol. The fourth-order valence-electron chi connectivity index (χ4n) is 2.18. The second-order valence-electron chi connectivity index (χ2n) is 4.73. The van der Waals surface area contributed by atoms with Gasteiger partial charge in [0.05, 0.1) is 0 Å². The van der Waals surface area contributed by atoms with Crippen LogP contribution in [0.1, 0.15) is 30.9 Å². The van der Waals surface area contributed by atoms with E-state index in [9.17, 15) is 4.39 Å². The summed E-state index contributed by atoms with van der Waals surface area (Å²) in [4.78, 5) is 0. The number of rotatable bonds is 3. The molecule has 0 amide bonds. The van der Waals surface area contributed by atoms with Gasteiger partial charge in [-0.25, -0.2) is 4.39 Å². The van der Waals surface area contributed by atoms with Gasteiger partial charge in [0.1, 0.15) is 5.82 Å². The van der Waals surface area contributed by atoms with Crippen molar-refractivity contribution in [3.05, 3.63) is 35.1 Å². The third-order valence-electron chi connectivity index (χ3n) is 3.02. The lowest BCUT2D eigenvalue weighted by Gasteiger charge is -2.27. The van der Waals surface area contributed by atoms with Crippen LogP contribution in [0.25, 0.3) is 0 Å². The monoisotopic (exact) mass is 222 g/mol. The first-order valence-corrected chi connectivity index (χ1v) is 5.89. The van der Waals surface area contributed by atoms with Crippen molar-refractivity contribution in [1.29, 1.82) is 0 Å². The first-order chi connectivity index (χ1) is 7.66. The standard InChI is InChI=1S/C13H19FN2/c1-9(2)16-8-11-7-15-6-10-5-12(14)3-4-13(10)11/h3-5,9,11,15-16H,6-8H2,1-2H3. The van der Waals surface area contributed by atoms with E-state index in [0.29, 0.717) is 12.0 Å². The normalized spacial score (nSPS) is 19.9. The lowest BCUT2D eigenvalue weighted by molar-refractivity contribution is 0.476. The number of halogens is 1. The first kappa shape index (κ1) is 11.6. The van der Waals surface area contributed by atoms with Crippen LogP contribution < -0.4 is 10.6 Å². The summed E-state index contributed by atoms with van der Waals surface area (Å²) in [5.41, 5.74) is 2.38. The molecule has 1 aromatic carbocycles. The van der Waals surface area contributed by atoms with Gasteiger partial charge in [-0.15, -0.1) is 0 Å². The highest BCUT2D eigenvalue weighted by Gasteiger charge is 2.19. The summed E-state index contributed by atoms with van der Waals surface area (Å²) < 4.78 is 13.1. The molecule has 1 aromatic rings. The summed E-state index contributed by atoms with van der Waals surface area (Å²) in [5.74, 6) is 0.310. The molecule has 2 rings (SSSR count). The third kappa shape index (κ3) is 2.60. The zero-order chi connectivity index (χ0) is 11.5. The van der Waals surface area contributed by atoms with Crippen molar-refractivity contribution < 1.29 is 4.39 Å². The molecular weight excluding hydrogens is 203 g/mol. The van der Waals surface area contributed by atoms with Crippen LogP contribution >= 0.6 is 0 Å². The van der Waals surface area contributed by atoms with E-state index in [4.69, 9.17) is 0 Å². The molecule has 0 saturated carbocycles. The topological polar surface area (TPSA) is 24.1 Å². The molecule has 0 radical (unpaired) electrons. The highest BCUT2D eigenvalue weighted by Crippen LogP contribution is 2.24. The van der Waals surface area contributed by atoms with E-state index in [1.165, 1.54) is 5.56 Å². The number of hydrogen-bond acceptors (Lipinski definition) is 2. The van der Waals surface area contributed by atoms with Crippen molar-refractivity contribution in [3.63, 3.8) is 0 Å². The molecule has 1 atom stereocenters. The number of hydrogen-bond donors (Lipinski definition) is 2. The van der Waals surface area contributed by atoms with Crippen LogP contribution in [-0.2, 0) is 6.54 Å². The molecule has 0 aromatic heterocycles. The highest BCUT2D eigenvalue weighted by atomic mass is 19.1. The SMILES string of the molecule is CC(C)NCC1CNCc2cc(F)ccc21. The Hall–Kier alpha value is -0.930. The van der Waals surface area contributed by atoms with E-state index in [-0.39, 0.29) is 5.82 Å². The molecule has 1 unspecified atom stereocenters. The number of fused-ring (bicyclic) bond motifs is 1. The molecule has 2 nitrogen and oxygen atoms in total. The van der Waals surface area contributed by atoms with Crippen LogP contribution in [0.5, 0.6) is 0 Å². The zero-order valence-corrected chi connectivity index (χ0v) is 9.89. The van der Waals surface area contributed by atoms with Gasteiger partial charge in [0.2, 0.25) is 0 Å². The van der Waals surface area contributed by atoms with Gasteiger partial charge in [-0.2, -0.15) is 0 Å². The van der Waals surface area contributed by atoms with E-state index in [2.05, 4.69) is 24.5 Å². The van der Waals surface area contributed by atoms with Gasteiger partial charge >= 0.3 is 0 Å². The molecule has 0 aliphatic carbocycles. The third-order valence-corrected chi connectivity index (χ3v) is 3.02. The molecule has 16 heavy (non-hydrogen) atoms. The molecule has 1 aliphatic heterocycles. The second-order valence-corrected chi connectivity index (χ2v) is 4.73. The molecule has 1 aliphatic rings. The summed E-state index contributed by atoms with van der Waals surface area (Å²) in [7, 11) is 0. The van der Waals surface area contributed by atoms with Gasteiger partial charge in [-0.05, 0) is 23.3 Å². The Labute approximate surface area is 96.2 Å². The van der Waals surface area contributed by atoms with Gasteiger partial charge < -0.3 is 10.6 Å². The Morgan fingerprint density at radius 2 is 2.31 bits per heavy atom. The van der Waals surface area contributed by atoms with Gasteiger partial charge in [0, 0.05) is 31.6 Å². The van der Waals surface area contributed by atoms with E-state index in [1.807, 2.05) is 6.07 Å². The molecule has 0 fully saturated rings. The largest absolute Gasteiger partial charge is 0.314 e. The van der Waals surface area contributed by atoms with Crippen LogP contribution in [0.4, 0.5) is 4.39 Å². The number of benzene rings is 1. The Morgan fingerprint density at radius 3 is 3.06 bits per heavy atom. The van der Waals surface area contributed by atoms with Gasteiger partial charge in [0.15, 0.2) is 0 Å². The molecule has 88 valence electrons. The molecule has 0 bridgehead atoms. The molecule has 2 N–H and O–H groups in total. The van der Waals surface area contributed by atoms with E-state index in [1.54, 1.807) is 12.1 Å². The van der Waals surface area contributed by atoms with E-state index < -0.39 is 0 Å². The fraction of sp³-hybridized carbons (Fsp3) is 0.538. The van der Waals surface area contributed by atoms with Crippen LogP contribution in [0, 0.1) is 5.82 Å². The Morgan fingerprint density at radius 1 is 1.50 bits per heavy atom. The molecular formula is C13H19FN2. The van der Waals surface area contributed by atoms with Crippen LogP contribution in [0.3, 0.4) is 0 Å². The summed E-state index contributed by atoms with van der Waals surface area (Å²) in [5, 5.41) is 6.77. The van der Waals surface area contributed by atoms with Gasteiger partial charge in [0.25, 0.3) is 0 Å². The average Bonchev–Trinajstić information content (AvgIpc) is 2.25. The molecule has 1 heterocycles. The van der Waals surface area contributed by atoms with Crippen LogP contribution in [-0.4, -0.2) is 19.1 Å². The van der Waals surface area contributed by atoms with Crippen molar-refractivity contribution in [3.8, 4) is 0 Å². The van der Waals surface area contributed by atoms with E-state index >= 15 is 0 Å². The summed E-state index contributed by atoms with van der Waals surface area (Å²) in [6, 6.07) is 5.63. The van der Waals surface area contributed by atoms with Gasteiger partial charge in [-0.3, -0.25) is 0 Å².